The van der Waals surface area contributed by atoms with Gasteiger partial charge in [-0.15, -0.1) is 0 Å². The number of fused-ring (bicyclic) bond motifs is 1. The van der Waals surface area contributed by atoms with Crippen LogP contribution in [0.15, 0.2) is 42.7 Å². The Morgan fingerprint density at radius 2 is 2.03 bits per heavy atom. The highest BCUT2D eigenvalue weighted by molar-refractivity contribution is 6.34. The lowest BCUT2D eigenvalue weighted by Crippen LogP contribution is -2.45. The Morgan fingerprint density at radius 1 is 1.24 bits per heavy atom. The second kappa shape index (κ2) is 8.78. The highest BCUT2D eigenvalue weighted by Gasteiger charge is 2.27. The number of hydrogen-bond acceptors (Lipinski definition) is 4. The molecule has 0 unspecified atom stereocenters. The van der Waals surface area contributed by atoms with Gasteiger partial charge in [0.1, 0.15) is 5.82 Å². The van der Waals surface area contributed by atoms with Crippen LogP contribution >= 0.6 is 0 Å². The summed E-state index contributed by atoms with van der Waals surface area (Å²) in [6.07, 6.45) is 7.01. The van der Waals surface area contributed by atoms with Crippen molar-refractivity contribution in [3.8, 4) is 0 Å². The molecule has 3 aromatic rings. The first-order chi connectivity index (χ1) is 16.4. The molecule has 0 radical (unpaired) electrons. The van der Waals surface area contributed by atoms with Crippen LogP contribution in [0.3, 0.4) is 0 Å². The third-order valence-electron chi connectivity index (χ3n) is 6.60. The lowest BCUT2D eigenvalue weighted by atomic mass is 10.0. The molecule has 0 saturated carbocycles. The minimum absolute atomic E-state index is 0.0892. The highest BCUT2D eigenvalue weighted by atomic mass is 19.1. The molecule has 2 aliphatic rings. The summed E-state index contributed by atoms with van der Waals surface area (Å²) < 4.78 is 13.8. The Morgan fingerprint density at radius 3 is 2.76 bits per heavy atom. The largest absolute Gasteiger partial charge is 0.370 e. The molecule has 4 heterocycles. The number of aryl methyl sites for hydroxylation is 1. The Labute approximate surface area is 197 Å². The first-order valence-corrected chi connectivity index (χ1v) is 11.4. The van der Waals surface area contributed by atoms with Crippen LogP contribution in [0.5, 0.6) is 0 Å². The fraction of sp³-hybridized carbons (Fsp3) is 0.269. The molecular weight excluding hydrogens is 433 g/mol. The Bertz CT molecular complexity index is 1290. The number of carbonyl (C=O) groups is 2. The van der Waals surface area contributed by atoms with Crippen molar-refractivity contribution >= 4 is 34.8 Å². The van der Waals surface area contributed by atoms with E-state index < -0.39 is 5.82 Å². The van der Waals surface area contributed by atoms with E-state index in [2.05, 4.69) is 25.5 Å². The van der Waals surface area contributed by atoms with E-state index in [1.54, 1.807) is 18.3 Å². The first-order valence-electron chi connectivity index (χ1n) is 11.4. The second-order valence-electron chi connectivity index (χ2n) is 8.81. The third kappa shape index (κ3) is 4.07. The first kappa shape index (κ1) is 21.9. The molecule has 1 aromatic carbocycles. The van der Waals surface area contributed by atoms with Crippen molar-refractivity contribution in [3.05, 3.63) is 76.6 Å². The normalized spacial score (nSPS) is 17.1. The van der Waals surface area contributed by atoms with Gasteiger partial charge in [0, 0.05) is 48.0 Å². The molecule has 5 rings (SSSR count). The maximum atomic E-state index is 13.8. The third-order valence-corrected chi connectivity index (χ3v) is 6.60. The monoisotopic (exact) mass is 459 g/mol. The number of pyridine rings is 1. The summed E-state index contributed by atoms with van der Waals surface area (Å²) in [5, 5.41) is 5.93. The number of hydrogen-bond donors (Lipinski definition) is 3. The van der Waals surface area contributed by atoms with Gasteiger partial charge >= 0.3 is 0 Å². The lowest BCUT2D eigenvalue weighted by Gasteiger charge is -2.33. The molecule has 0 bridgehead atoms. The van der Waals surface area contributed by atoms with Gasteiger partial charge < -0.3 is 20.5 Å². The zero-order valence-corrected chi connectivity index (χ0v) is 19.1. The Kier molecular flexibility index (Phi) is 5.65. The lowest BCUT2D eigenvalue weighted by molar-refractivity contribution is -0.110. The molecule has 0 atom stereocenters. The molecule has 174 valence electrons. The molecule has 7 nitrogen and oxygen atoms in total. The van der Waals surface area contributed by atoms with Gasteiger partial charge in [0.05, 0.1) is 23.0 Å². The maximum Gasteiger partial charge on any atom is 0.256 e. The van der Waals surface area contributed by atoms with Crippen LogP contribution in [0.2, 0.25) is 0 Å². The molecule has 1 fully saturated rings. The van der Waals surface area contributed by atoms with Crippen molar-refractivity contribution in [1.29, 1.82) is 0 Å². The molecule has 34 heavy (non-hydrogen) atoms. The topological polar surface area (TPSA) is 90.1 Å². The molecule has 0 spiro atoms. The van der Waals surface area contributed by atoms with Crippen LogP contribution in [-0.4, -0.2) is 40.9 Å². The number of nitrogens with one attached hydrogen (secondary N) is 3. The van der Waals surface area contributed by atoms with E-state index in [1.807, 2.05) is 32.2 Å². The van der Waals surface area contributed by atoms with Crippen molar-refractivity contribution in [3.63, 3.8) is 0 Å². The summed E-state index contributed by atoms with van der Waals surface area (Å²) in [7, 11) is 0. The minimum atomic E-state index is -0.407. The predicted molar refractivity (Wildman–Crippen MR) is 130 cm³/mol. The molecule has 2 aromatic heterocycles. The number of halogens is 1. The highest BCUT2D eigenvalue weighted by Crippen LogP contribution is 2.34. The quantitative estimate of drug-likeness (QED) is 0.514. The maximum absolute atomic E-state index is 13.8. The summed E-state index contributed by atoms with van der Waals surface area (Å²) in [4.78, 5) is 35.3. The van der Waals surface area contributed by atoms with Gasteiger partial charge in [-0.2, -0.15) is 0 Å². The second-order valence-corrected chi connectivity index (χ2v) is 8.81. The number of H-pyrrole nitrogens is 1. The number of benzene rings is 1. The summed E-state index contributed by atoms with van der Waals surface area (Å²) in [6.45, 7) is 5.40. The SMILES string of the molecule is Cc1[nH]c(C=C2C(=O)Nc3ccc(F)cc32)c(C)c1C(=O)NC1CCN(c2cccnc2)CC1. The molecule has 1 saturated heterocycles. The molecular formula is C26H26FN5O2. The number of amides is 2. The molecule has 3 N–H and O–H groups in total. The van der Waals surface area contributed by atoms with Crippen molar-refractivity contribution in [2.75, 3.05) is 23.3 Å². The van der Waals surface area contributed by atoms with E-state index in [4.69, 9.17) is 0 Å². The number of nitrogens with zero attached hydrogens (tertiary/aromatic N) is 2. The summed E-state index contributed by atoms with van der Waals surface area (Å²) in [6, 6.07) is 8.27. The zero-order chi connectivity index (χ0) is 23.8. The number of rotatable bonds is 4. The zero-order valence-electron chi connectivity index (χ0n) is 19.1. The van der Waals surface area contributed by atoms with Gasteiger partial charge in [-0.05, 0) is 68.7 Å². The number of aromatic nitrogens is 2. The average molecular weight is 460 g/mol. The van der Waals surface area contributed by atoms with Crippen molar-refractivity contribution in [2.24, 2.45) is 0 Å². The summed E-state index contributed by atoms with van der Waals surface area (Å²) in [5.74, 6) is -0.827. The Hall–Kier alpha value is -3.94. The van der Waals surface area contributed by atoms with Gasteiger partial charge in [-0.1, -0.05) is 0 Å². The van der Waals surface area contributed by atoms with E-state index >= 15 is 0 Å². The number of anilines is 2. The number of piperidine rings is 1. The van der Waals surface area contributed by atoms with E-state index in [-0.39, 0.29) is 17.9 Å². The number of aromatic amines is 1. The Balaban J connectivity index is 1.31. The van der Waals surface area contributed by atoms with E-state index in [9.17, 15) is 14.0 Å². The van der Waals surface area contributed by atoms with Gasteiger partial charge in [-0.25, -0.2) is 4.39 Å². The van der Waals surface area contributed by atoms with Crippen LogP contribution in [0, 0.1) is 19.7 Å². The van der Waals surface area contributed by atoms with Crippen molar-refractivity contribution < 1.29 is 14.0 Å². The van der Waals surface area contributed by atoms with Crippen LogP contribution in [0.25, 0.3) is 11.6 Å². The van der Waals surface area contributed by atoms with Crippen LogP contribution < -0.4 is 15.5 Å². The predicted octanol–water partition coefficient (Wildman–Crippen LogP) is 4.06. The number of carbonyl (C=O) groups excluding carboxylic acids is 2. The molecule has 2 amide bonds. The molecule has 8 heteroatoms. The van der Waals surface area contributed by atoms with Gasteiger partial charge in [-0.3, -0.25) is 14.6 Å². The van der Waals surface area contributed by atoms with Crippen LogP contribution in [0.4, 0.5) is 15.8 Å². The van der Waals surface area contributed by atoms with Crippen LogP contribution in [0.1, 0.15) is 45.7 Å². The van der Waals surface area contributed by atoms with Gasteiger partial charge in [0.2, 0.25) is 0 Å². The fourth-order valence-corrected chi connectivity index (χ4v) is 4.79. The standard InChI is InChI=1S/C26H26FN5O2/c1-15-23(13-21-20-12-17(27)5-6-22(20)31-25(21)33)29-16(2)24(15)26(34)30-18-7-10-32(11-8-18)19-4-3-9-28-14-19/h3-6,9,12-14,18,29H,7-8,10-11H2,1-2H3,(H,30,34)(H,31,33). The average Bonchev–Trinajstić information content (AvgIpc) is 3.29. The van der Waals surface area contributed by atoms with Crippen LogP contribution in [-0.2, 0) is 4.79 Å². The summed E-state index contributed by atoms with van der Waals surface area (Å²) >= 11 is 0. The smallest absolute Gasteiger partial charge is 0.256 e. The minimum Gasteiger partial charge on any atom is -0.370 e. The van der Waals surface area contributed by atoms with E-state index in [0.29, 0.717) is 28.1 Å². The van der Waals surface area contributed by atoms with Crippen molar-refractivity contribution in [1.82, 2.24) is 15.3 Å². The van der Waals surface area contributed by atoms with E-state index in [1.165, 1.54) is 12.1 Å². The van der Waals surface area contributed by atoms with Gasteiger partial charge in [0.25, 0.3) is 11.8 Å². The molecule has 0 aliphatic carbocycles. The molecule has 2 aliphatic heterocycles. The fourth-order valence-electron chi connectivity index (χ4n) is 4.79. The van der Waals surface area contributed by atoms with E-state index in [0.717, 1.165) is 42.9 Å². The summed E-state index contributed by atoms with van der Waals surface area (Å²) in [5.41, 5.74) is 5.29. The van der Waals surface area contributed by atoms with Gasteiger partial charge in [0.15, 0.2) is 0 Å². The van der Waals surface area contributed by atoms with Crippen molar-refractivity contribution in [2.45, 2.75) is 32.7 Å².